The first kappa shape index (κ1) is 16.2. The quantitative estimate of drug-likeness (QED) is 0.852. The molecule has 2 heterocycles. The van der Waals surface area contributed by atoms with Gasteiger partial charge in [-0.2, -0.15) is 0 Å². The Bertz CT molecular complexity index is 730. The molecule has 0 radical (unpaired) electrons. The molecular weight excluding hydrogens is 302 g/mol. The lowest BCUT2D eigenvalue weighted by atomic mass is 10.1. The summed E-state index contributed by atoms with van der Waals surface area (Å²) in [4.78, 5) is 32.8. The van der Waals surface area contributed by atoms with Crippen LogP contribution in [0.15, 0.2) is 48.8 Å². The molecule has 1 aliphatic heterocycles. The number of aryl methyl sites for hydroxylation is 1. The molecule has 1 fully saturated rings. The van der Waals surface area contributed by atoms with Crippen molar-refractivity contribution in [1.82, 2.24) is 14.8 Å². The summed E-state index contributed by atoms with van der Waals surface area (Å²) in [5.74, 6) is 0.0160. The van der Waals surface area contributed by atoms with E-state index < -0.39 is 0 Å². The van der Waals surface area contributed by atoms with E-state index >= 15 is 0 Å². The van der Waals surface area contributed by atoms with Crippen molar-refractivity contribution in [3.63, 3.8) is 0 Å². The summed E-state index contributed by atoms with van der Waals surface area (Å²) in [6.45, 7) is 4.41. The first-order valence-corrected chi connectivity index (χ1v) is 8.20. The summed E-state index contributed by atoms with van der Waals surface area (Å²) in [7, 11) is 0. The van der Waals surface area contributed by atoms with Crippen molar-refractivity contribution in [3.05, 3.63) is 65.5 Å². The number of rotatable bonds is 2. The zero-order valence-electron chi connectivity index (χ0n) is 13.8. The van der Waals surface area contributed by atoms with Gasteiger partial charge in [-0.1, -0.05) is 17.7 Å². The van der Waals surface area contributed by atoms with Gasteiger partial charge >= 0.3 is 0 Å². The van der Waals surface area contributed by atoms with Gasteiger partial charge in [-0.15, -0.1) is 0 Å². The van der Waals surface area contributed by atoms with Crippen LogP contribution in [-0.2, 0) is 0 Å². The minimum Gasteiger partial charge on any atom is -0.337 e. The third-order valence-corrected chi connectivity index (χ3v) is 4.24. The molecule has 0 N–H and O–H groups in total. The number of aromatic nitrogens is 1. The maximum absolute atomic E-state index is 12.7. The lowest BCUT2D eigenvalue weighted by Crippen LogP contribution is -2.37. The summed E-state index contributed by atoms with van der Waals surface area (Å²) >= 11 is 0. The van der Waals surface area contributed by atoms with Gasteiger partial charge in [0.2, 0.25) is 0 Å². The summed E-state index contributed by atoms with van der Waals surface area (Å²) in [5, 5.41) is 0. The molecule has 0 spiro atoms. The SMILES string of the molecule is Cc1cccc(C(=O)N2CCCN(C(=O)c3cccnc3)CC2)c1. The normalized spacial score (nSPS) is 15.0. The average Bonchev–Trinajstić information content (AvgIpc) is 2.87. The van der Waals surface area contributed by atoms with E-state index in [1.54, 1.807) is 29.4 Å². The van der Waals surface area contributed by atoms with E-state index in [2.05, 4.69) is 4.98 Å². The van der Waals surface area contributed by atoms with Crippen molar-refractivity contribution in [2.45, 2.75) is 13.3 Å². The van der Waals surface area contributed by atoms with Gasteiger partial charge in [-0.05, 0) is 37.6 Å². The van der Waals surface area contributed by atoms with Gasteiger partial charge < -0.3 is 9.80 Å². The minimum absolute atomic E-state index is 0.0204. The number of hydrogen-bond donors (Lipinski definition) is 0. The minimum atomic E-state index is -0.0204. The van der Waals surface area contributed by atoms with E-state index in [0.717, 1.165) is 12.0 Å². The molecule has 0 aliphatic carbocycles. The van der Waals surface area contributed by atoms with Gasteiger partial charge in [0, 0.05) is 44.1 Å². The molecule has 5 nitrogen and oxygen atoms in total. The van der Waals surface area contributed by atoms with Crippen LogP contribution in [0, 0.1) is 6.92 Å². The molecule has 0 atom stereocenters. The molecule has 3 rings (SSSR count). The van der Waals surface area contributed by atoms with E-state index in [1.165, 1.54) is 0 Å². The van der Waals surface area contributed by atoms with E-state index in [9.17, 15) is 9.59 Å². The highest BCUT2D eigenvalue weighted by Gasteiger charge is 2.23. The monoisotopic (exact) mass is 323 g/mol. The van der Waals surface area contributed by atoms with Gasteiger partial charge in [-0.25, -0.2) is 0 Å². The lowest BCUT2D eigenvalue weighted by molar-refractivity contribution is 0.0718. The first-order valence-electron chi connectivity index (χ1n) is 8.20. The topological polar surface area (TPSA) is 53.5 Å². The Balaban J connectivity index is 1.67. The Morgan fingerprint density at radius 1 is 0.917 bits per heavy atom. The Kier molecular flexibility index (Phi) is 4.89. The van der Waals surface area contributed by atoms with Crippen molar-refractivity contribution in [1.29, 1.82) is 0 Å². The largest absolute Gasteiger partial charge is 0.337 e. The molecule has 0 unspecified atom stereocenters. The van der Waals surface area contributed by atoms with Gasteiger partial charge in [-0.3, -0.25) is 14.6 Å². The van der Waals surface area contributed by atoms with Crippen molar-refractivity contribution < 1.29 is 9.59 Å². The predicted octanol–water partition coefficient (Wildman–Crippen LogP) is 2.38. The predicted molar refractivity (Wildman–Crippen MR) is 91.8 cm³/mol. The number of benzene rings is 1. The van der Waals surface area contributed by atoms with Crippen LogP contribution in [0.5, 0.6) is 0 Å². The molecule has 1 aromatic carbocycles. The van der Waals surface area contributed by atoms with E-state index in [-0.39, 0.29) is 11.8 Å². The second-order valence-electron chi connectivity index (χ2n) is 6.05. The number of amides is 2. The zero-order valence-corrected chi connectivity index (χ0v) is 13.8. The van der Waals surface area contributed by atoms with E-state index in [0.29, 0.717) is 37.3 Å². The third-order valence-electron chi connectivity index (χ3n) is 4.24. The van der Waals surface area contributed by atoms with Crippen molar-refractivity contribution in [2.75, 3.05) is 26.2 Å². The summed E-state index contributed by atoms with van der Waals surface area (Å²) in [5.41, 5.74) is 2.38. The standard InChI is InChI=1S/C19H21N3O2/c1-15-5-2-6-16(13-15)18(23)21-9-4-10-22(12-11-21)19(24)17-7-3-8-20-14-17/h2-3,5-8,13-14H,4,9-12H2,1H3. The molecule has 2 aromatic rings. The second kappa shape index (κ2) is 7.25. The van der Waals surface area contributed by atoms with Crippen LogP contribution in [0.4, 0.5) is 0 Å². The average molecular weight is 323 g/mol. The fourth-order valence-electron chi connectivity index (χ4n) is 2.96. The van der Waals surface area contributed by atoms with Crippen LogP contribution in [0.25, 0.3) is 0 Å². The Morgan fingerprint density at radius 2 is 1.58 bits per heavy atom. The molecule has 0 saturated carbocycles. The second-order valence-corrected chi connectivity index (χ2v) is 6.05. The Hall–Kier alpha value is -2.69. The highest BCUT2D eigenvalue weighted by Crippen LogP contribution is 2.12. The number of nitrogens with zero attached hydrogens (tertiary/aromatic N) is 3. The highest BCUT2D eigenvalue weighted by molar-refractivity contribution is 5.95. The van der Waals surface area contributed by atoms with Gasteiger partial charge in [0.1, 0.15) is 0 Å². The smallest absolute Gasteiger partial charge is 0.255 e. The maximum atomic E-state index is 12.7. The summed E-state index contributed by atoms with van der Waals surface area (Å²) < 4.78 is 0. The van der Waals surface area contributed by atoms with Crippen LogP contribution in [0.2, 0.25) is 0 Å². The molecule has 24 heavy (non-hydrogen) atoms. The number of pyridine rings is 1. The number of carbonyl (C=O) groups is 2. The third kappa shape index (κ3) is 3.62. The lowest BCUT2D eigenvalue weighted by Gasteiger charge is -2.22. The van der Waals surface area contributed by atoms with E-state index in [1.807, 2.05) is 36.1 Å². The maximum Gasteiger partial charge on any atom is 0.255 e. The van der Waals surface area contributed by atoms with Crippen LogP contribution >= 0.6 is 0 Å². The van der Waals surface area contributed by atoms with Gasteiger partial charge in [0.05, 0.1) is 5.56 Å². The van der Waals surface area contributed by atoms with Gasteiger partial charge in [0.15, 0.2) is 0 Å². The molecule has 1 aromatic heterocycles. The van der Waals surface area contributed by atoms with Gasteiger partial charge in [0.25, 0.3) is 11.8 Å². The molecule has 1 saturated heterocycles. The number of carbonyl (C=O) groups excluding carboxylic acids is 2. The van der Waals surface area contributed by atoms with Crippen LogP contribution in [0.3, 0.4) is 0 Å². The van der Waals surface area contributed by atoms with E-state index in [4.69, 9.17) is 0 Å². The molecule has 5 heteroatoms. The molecule has 124 valence electrons. The van der Waals surface area contributed by atoms with Crippen LogP contribution in [0.1, 0.15) is 32.7 Å². The molecule has 0 bridgehead atoms. The molecule has 1 aliphatic rings. The van der Waals surface area contributed by atoms with Crippen LogP contribution < -0.4 is 0 Å². The number of hydrogen-bond acceptors (Lipinski definition) is 3. The summed E-state index contributed by atoms with van der Waals surface area (Å²) in [6, 6.07) is 11.2. The summed E-state index contributed by atoms with van der Waals surface area (Å²) in [6.07, 6.45) is 4.02. The molecular formula is C19H21N3O2. The van der Waals surface area contributed by atoms with Crippen molar-refractivity contribution in [3.8, 4) is 0 Å². The fourth-order valence-corrected chi connectivity index (χ4v) is 2.96. The Morgan fingerprint density at radius 3 is 2.21 bits per heavy atom. The first-order chi connectivity index (χ1) is 11.6. The zero-order chi connectivity index (χ0) is 16.9. The van der Waals surface area contributed by atoms with Crippen molar-refractivity contribution >= 4 is 11.8 Å². The van der Waals surface area contributed by atoms with Crippen molar-refractivity contribution in [2.24, 2.45) is 0 Å². The molecule has 2 amide bonds. The van der Waals surface area contributed by atoms with Crippen LogP contribution in [-0.4, -0.2) is 52.8 Å². The highest BCUT2D eigenvalue weighted by atomic mass is 16.2. The fraction of sp³-hybridized carbons (Fsp3) is 0.316. The Labute approximate surface area is 141 Å².